The molecule has 0 fully saturated rings. The SMILES string of the molecule is CC(O)[C@@H](C(=O)NO)n1[nH]c2cc(-c3ccccc3)ccc2c1=O. The molecule has 7 heteroatoms. The fourth-order valence-electron chi connectivity index (χ4n) is 2.76. The van der Waals surface area contributed by atoms with Crippen LogP contribution in [0.25, 0.3) is 22.0 Å². The number of carbonyl (C=O) groups is 1. The molecular formula is C17H17N3O4. The van der Waals surface area contributed by atoms with Crippen LogP contribution in [-0.2, 0) is 4.79 Å². The van der Waals surface area contributed by atoms with Crippen molar-refractivity contribution in [1.29, 1.82) is 0 Å². The number of hydroxylamine groups is 1. The topological polar surface area (TPSA) is 107 Å². The van der Waals surface area contributed by atoms with Crippen LogP contribution in [0.3, 0.4) is 0 Å². The van der Waals surface area contributed by atoms with Crippen molar-refractivity contribution < 1.29 is 15.1 Å². The third-order valence-corrected chi connectivity index (χ3v) is 3.93. The number of carbonyl (C=O) groups excluding carboxylic acids is 1. The Bertz CT molecular complexity index is 928. The highest BCUT2D eigenvalue weighted by atomic mass is 16.5. The Labute approximate surface area is 137 Å². The Hall–Kier alpha value is -2.90. The molecule has 7 nitrogen and oxygen atoms in total. The Morgan fingerprint density at radius 3 is 2.50 bits per heavy atom. The third kappa shape index (κ3) is 2.70. The number of aromatic nitrogens is 2. The molecule has 2 aromatic carbocycles. The first-order valence-electron chi connectivity index (χ1n) is 7.44. The number of rotatable bonds is 4. The van der Waals surface area contributed by atoms with Gasteiger partial charge in [-0.05, 0) is 30.2 Å². The van der Waals surface area contributed by atoms with Gasteiger partial charge in [0, 0.05) is 0 Å². The molecule has 3 aromatic rings. The average molecular weight is 327 g/mol. The maximum atomic E-state index is 12.5. The minimum atomic E-state index is -1.25. The molecule has 0 radical (unpaired) electrons. The van der Waals surface area contributed by atoms with Crippen LogP contribution in [0.15, 0.2) is 53.3 Å². The van der Waals surface area contributed by atoms with E-state index in [1.54, 1.807) is 12.1 Å². The molecular weight excluding hydrogens is 310 g/mol. The standard InChI is InChI=1S/C17H17N3O4/c1-10(21)15(16(22)19-24)20-17(23)13-8-7-12(9-14(13)18-20)11-5-3-2-4-6-11/h2-10,15,18,21,24H,1H3,(H,19,22)/t10?,15-/m0/s1. The van der Waals surface area contributed by atoms with Crippen molar-refractivity contribution >= 4 is 16.8 Å². The summed E-state index contributed by atoms with van der Waals surface area (Å²) in [5.41, 5.74) is 3.48. The number of aliphatic hydroxyl groups is 1. The molecule has 4 N–H and O–H groups in total. The van der Waals surface area contributed by atoms with Crippen LogP contribution in [0.4, 0.5) is 0 Å². The fraction of sp³-hybridized carbons (Fsp3) is 0.176. The van der Waals surface area contributed by atoms with Crippen molar-refractivity contribution in [2.45, 2.75) is 19.1 Å². The lowest BCUT2D eigenvalue weighted by atomic mass is 10.0. The van der Waals surface area contributed by atoms with Gasteiger partial charge in [0.1, 0.15) is 0 Å². The second-order valence-corrected chi connectivity index (χ2v) is 5.57. The minimum absolute atomic E-state index is 0.395. The van der Waals surface area contributed by atoms with Gasteiger partial charge in [-0.1, -0.05) is 36.4 Å². The molecule has 1 amide bonds. The fourth-order valence-corrected chi connectivity index (χ4v) is 2.76. The number of aliphatic hydroxyl groups excluding tert-OH is 1. The van der Waals surface area contributed by atoms with Crippen molar-refractivity contribution in [3.63, 3.8) is 0 Å². The molecule has 1 heterocycles. The normalized spacial score (nSPS) is 13.6. The number of nitrogens with zero attached hydrogens (tertiary/aromatic N) is 1. The summed E-state index contributed by atoms with van der Waals surface area (Å²) in [6, 6.07) is 13.7. The van der Waals surface area contributed by atoms with Crippen LogP contribution < -0.4 is 11.0 Å². The maximum absolute atomic E-state index is 12.5. The van der Waals surface area contributed by atoms with Gasteiger partial charge < -0.3 is 5.11 Å². The zero-order valence-electron chi connectivity index (χ0n) is 12.9. The van der Waals surface area contributed by atoms with E-state index in [0.29, 0.717) is 10.9 Å². The van der Waals surface area contributed by atoms with Gasteiger partial charge in [0.05, 0.1) is 17.0 Å². The molecule has 0 spiro atoms. The van der Waals surface area contributed by atoms with Gasteiger partial charge in [0.2, 0.25) is 0 Å². The van der Waals surface area contributed by atoms with E-state index in [9.17, 15) is 14.7 Å². The number of aromatic amines is 1. The molecule has 2 atom stereocenters. The van der Waals surface area contributed by atoms with E-state index in [1.165, 1.54) is 12.4 Å². The summed E-state index contributed by atoms with van der Waals surface area (Å²) in [4.78, 5) is 24.3. The van der Waals surface area contributed by atoms with E-state index >= 15 is 0 Å². The first-order valence-corrected chi connectivity index (χ1v) is 7.44. The van der Waals surface area contributed by atoms with E-state index in [0.717, 1.165) is 15.8 Å². The molecule has 24 heavy (non-hydrogen) atoms. The molecule has 3 rings (SSSR count). The molecule has 1 aromatic heterocycles. The zero-order valence-corrected chi connectivity index (χ0v) is 12.9. The van der Waals surface area contributed by atoms with Gasteiger partial charge in [-0.25, -0.2) is 10.2 Å². The quantitative estimate of drug-likeness (QED) is 0.429. The Kier molecular flexibility index (Phi) is 4.20. The summed E-state index contributed by atoms with van der Waals surface area (Å²) >= 11 is 0. The van der Waals surface area contributed by atoms with Gasteiger partial charge in [0.15, 0.2) is 6.04 Å². The number of fused-ring (bicyclic) bond motifs is 1. The Balaban J connectivity index is 2.13. The molecule has 0 bridgehead atoms. The first kappa shape index (κ1) is 16.0. The second-order valence-electron chi connectivity index (χ2n) is 5.57. The van der Waals surface area contributed by atoms with E-state index in [4.69, 9.17) is 5.21 Å². The minimum Gasteiger partial charge on any atom is -0.391 e. The second kappa shape index (κ2) is 6.31. The Morgan fingerprint density at radius 2 is 1.88 bits per heavy atom. The lowest BCUT2D eigenvalue weighted by molar-refractivity contribution is -0.136. The van der Waals surface area contributed by atoms with Crippen LogP contribution in [0.1, 0.15) is 13.0 Å². The highest BCUT2D eigenvalue weighted by Gasteiger charge is 2.28. The van der Waals surface area contributed by atoms with Gasteiger partial charge in [-0.15, -0.1) is 0 Å². The van der Waals surface area contributed by atoms with Crippen LogP contribution in [0.2, 0.25) is 0 Å². The zero-order chi connectivity index (χ0) is 17.3. The molecule has 0 saturated carbocycles. The largest absolute Gasteiger partial charge is 0.391 e. The molecule has 1 unspecified atom stereocenters. The third-order valence-electron chi connectivity index (χ3n) is 3.93. The predicted molar refractivity (Wildman–Crippen MR) is 88.6 cm³/mol. The smallest absolute Gasteiger partial charge is 0.275 e. The molecule has 0 saturated heterocycles. The van der Waals surface area contributed by atoms with Crippen molar-refractivity contribution in [1.82, 2.24) is 15.3 Å². The van der Waals surface area contributed by atoms with E-state index < -0.39 is 23.6 Å². The maximum Gasteiger partial charge on any atom is 0.275 e. The lowest BCUT2D eigenvalue weighted by Gasteiger charge is -2.17. The molecule has 0 aliphatic rings. The van der Waals surface area contributed by atoms with Crippen molar-refractivity contribution in [2.75, 3.05) is 0 Å². The number of H-pyrrole nitrogens is 1. The molecule has 0 aliphatic carbocycles. The molecule has 0 aliphatic heterocycles. The van der Waals surface area contributed by atoms with Gasteiger partial charge in [-0.3, -0.25) is 19.9 Å². The summed E-state index contributed by atoms with van der Waals surface area (Å²) in [7, 11) is 0. The van der Waals surface area contributed by atoms with Crippen LogP contribution in [0, 0.1) is 0 Å². The van der Waals surface area contributed by atoms with E-state index in [-0.39, 0.29) is 0 Å². The summed E-state index contributed by atoms with van der Waals surface area (Å²) in [5.74, 6) is -0.873. The number of hydrogen-bond donors (Lipinski definition) is 4. The predicted octanol–water partition coefficient (Wildman–Crippen LogP) is 1.42. The van der Waals surface area contributed by atoms with Gasteiger partial charge in [0.25, 0.3) is 11.5 Å². The summed E-state index contributed by atoms with van der Waals surface area (Å²) in [5, 5.41) is 21.9. The summed E-state index contributed by atoms with van der Waals surface area (Å²) in [6.07, 6.45) is -1.17. The van der Waals surface area contributed by atoms with Crippen molar-refractivity contribution in [2.24, 2.45) is 0 Å². The molecule has 124 valence electrons. The van der Waals surface area contributed by atoms with Gasteiger partial charge in [-0.2, -0.15) is 0 Å². The number of hydrogen-bond acceptors (Lipinski definition) is 4. The number of amides is 1. The first-order chi connectivity index (χ1) is 11.5. The van der Waals surface area contributed by atoms with Crippen LogP contribution in [0.5, 0.6) is 0 Å². The number of nitrogens with one attached hydrogen (secondary N) is 2. The highest BCUT2D eigenvalue weighted by Crippen LogP contribution is 2.23. The number of benzene rings is 2. The highest BCUT2D eigenvalue weighted by molar-refractivity contribution is 5.85. The average Bonchev–Trinajstić information content (AvgIpc) is 2.91. The summed E-state index contributed by atoms with van der Waals surface area (Å²) < 4.78 is 1.02. The lowest BCUT2D eigenvalue weighted by Crippen LogP contribution is -2.41. The van der Waals surface area contributed by atoms with Crippen molar-refractivity contribution in [3.8, 4) is 11.1 Å². The van der Waals surface area contributed by atoms with Crippen LogP contribution >= 0.6 is 0 Å². The monoisotopic (exact) mass is 327 g/mol. The van der Waals surface area contributed by atoms with Crippen LogP contribution in [-0.4, -0.2) is 32.1 Å². The van der Waals surface area contributed by atoms with E-state index in [1.807, 2.05) is 36.4 Å². The van der Waals surface area contributed by atoms with E-state index in [2.05, 4.69) is 5.10 Å². The summed E-state index contributed by atoms with van der Waals surface area (Å²) in [6.45, 7) is 1.37. The Morgan fingerprint density at radius 1 is 1.17 bits per heavy atom. The van der Waals surface area contributed by atoms with Gasteiger partial charge >= 0.3 is 0 Å². The van der Waals surface area contributed by atoms with Crippen molar-refractivity contribution in [3.05, 3.63) is 58.9 Å².